The molecule has 2 amide bonds. The van der Waals surface area contributed by atoms with Gasteiger partial charge in [-0.1, -0.05) is 6.07 Å². The largest absolute Gasteiger partial charge is 0.437 e. The fraction of sp³-hybridized carbons (Fsp3) is 0.269. The van der Waals surface area contributed by atoms with Crippen molar-refractivity contribution in [2.75, 3.05) is 23.3 Å². The van der Waals surface area contributed by atoms with Gasteiger partial charge >= 0.3 is 0 Å². The zero-order valence-corrected chi connectivity index (χ0v) is 20.1. The van der Waals surface area contributed by atoms with Gasteiger partial charge in [-0.2, -0.15) is 10.2 Å². The van der Waals surface area contributed by atoms with Gasteiger partial charge in [-0.25, -0.2) is 4.98 Å². The molecule has 2 aromatic carbocycles. The summed E-state index contributed by atoms with van der Waals surface area (Å²) in [4.78, 5) is 34.4. The minimum Gasteiger partial charge on any atom is -0.437 e. The van der Waals surface area contributed by atoms with Crippen molar-refractivity contribution < 1.29 is 14.3 Å². The topological polar surface area (TPSA) is 160 Å². The van der Waals surface area contributed by atoms with Gasteiger partial charge in [-0.05, 0) is 68.1 Å². The highest BCUT2D eigenvalue weighted by Crippen LogP contribution is 2.31. The van der Waals surface area contributed by atoms with Crippen molar-refractivity contribution in [3.05, 3.63) is 70.4 Å². The quantitative estimate of drug-likeness (QED) is 0.460. The molecule has 36 heavy (non-hydrogen) atoms. The number of carbonyl (C=O) groups is 2. The second kappa shape index (κ2) is 10.3. The summed E-state index contributed by atoms with van der Waals surface area (Å²) in [7, 11) is 0. The second-order valence-electron chi connectivity index (χ2n) is 8.75. The third-order valence-electron chi connectivity index (χ3n) is 6.13. The van der Waals surface area contributed by atoms with Crippen LogP contribution in [0.2, 0.25) is 0 Å². The number of nitrogens with zero attached hydrogens (tertiary/aromatic N) is 4. The molecule has 0 aliphatic carbocycles. The lowest BCUT2D eigenvalue weighted by molar-refractivity contribution is 0.0990. The normalized spacial score (nSPS) is 13.6. The number of aryl methyl sites for hydroxylation is 2. The lowest BCUT2D eigenvalue weighted by Crippen LogP contribution is -2.39. The summed E-state index contributed by atoms with van der Waals surface area (Å²) >= 11 is 0. The summed E-state index contributed by atoms with van der Waals surface area (Å²) in [6, 6.07) is 12.9. The van der Waals surface area contributed by atoms with E-state index in [9.17, 15) is 14.9 Å². The zero-order valence-electron chi connectivity index (χ0n) is 20.1. The molecule has 184 valence electrons. The first-order chi connectivity index (χ1) is 17.2. The smallest absolute Gasteiger partial charge is 0.255 e. The second-order valence-corrected chi connectivity index (χ2v) is 8.75. The maximum absolute atomic E-state index is 12.0. The molecule has 1 aliphatic rings. The van der Waals surface area contributed by atoms with Crippen LogP contribution in [0.4, 0.5) is 11.6 Å². The molecule has 2 heterocycles. The van der Waals surface area contributed by atoms with Gasteiger partial charge in [0, 0.05) is 36.6 Å². The van der Waals surface area contributed by atoms with Gasteiger partial charge in [0.05, 0.1) is 11.6 Å². The fourth-order valence-electron chi connectivity index (χ4n) is 4.28. The van der Waals surface area contributed by atoms with E-state index in [-0.39, 0.29) is 17.5 Å². The van der Waals surface area contributed by atoms with Crippen LogP contribution in [-0.4, -0.2) is 40.9 Å². The van der Waals surface area contributed by atoms with Crippen molar-refractivity contribution in [1.29, 1.82) is 5.26 Å². The third-order valence-corrected chi connectivity index (χ3v) is 6.13. The Labute approximate surface area is 208 Å². The molecule has 1 fully saturated rings. The van der Waals surface area contributed by atoms with E-state index >= 15 is 0 Å². The highest BCUT2D eigenvalue weighted by molar-refractivity contribution is 5.95. The molecule has 5 N–H and O–H groups in total. The summed E-state index contributed by atoms with van der Waals surface area (Å²) in [6.45, 7) is 5.18. The van der Waals surface area contributed by atoms with Crippen LogP contribution in [0.1, 0.15) is 50.2 Å². The SMILES string of the molecule is Cc1cc(C#N)cc(C)c1Oc1nc(NC2CCN(c3cccc(C(N)=O)c3)CC2)ncc1C(N)=O. The molecule has 0 unspecified atom stereocenters. The van der Waals surface area contributed by atoms with Crippen LogP contribution < -0.4 is 26.4 Å². The molecule has 0 saturated carbocycles. The van der Waals surface area contributed by atoms with Crippen molar-refractivity contribution >= 4 is 23.5 Å². The number of primary amides is 2. The minimum atomic E-state index is -0.702. The van der Waals surface area contributed by atoms with E-state index in [0.717, 1.165) is 42.7 Å². The molecule has 1 aliphatic heterocycles. The Hall–Kier alpha value is -4.65. The van der Waals surface area contributed by atoms with Crippen LogP contribution >= 0.6 is 0 Å². The van der Waals surface area contributed by atoms with Crippen molar-refractivity contribution in [2.24, 2.45) is 11.5 Å². The van der Waals surface area contributed by atoms with Gasteiger partial charge in [0.1, 0.15) is 11.3 Å². The van der Waals surface area contributed by atoms with Crippen LogP contribution in [0.5, 0.6) is 11.6 Å². The van der Waals surface area contributed by atoms with Gasteiger partial charge < -0.3 is 26.4 Å². The minimum absolute atomic E-state index is 0.0524. The molecular weight excluding hydrogens is 458 g/mol. The number of ether oxygens (including phenoxy) is 1. The standard InChI is InChI=1S/C26H27N7O3/c1-15-10-17(13-27)11-16(2)22(15)36-25-21(24(29)35)14-30-26(32-25)31-19-6-8-33(9-7-19)20-5-3-4-18(12-20)23(28)34/h3-5,10-12,14,19H,6-9H2,1-2H3,(H2,28,34)(H2,29,35)(H,30,31,32). The molecule has 4 rings (SSSR count). The number of nitriles is 1. The first-order valence-corrected chi connectivity index (χ1v) is 11.5. The molecule has 0 bridgehead atoms. The summed E-state index contributed by atoms with van der Waals surface area (Å²) in [6.07, 6.45) is 2.98. The number of aromatic nitrogens is 2. The summed E-state index contributed by atoms with van der Waals surface area (Å²) < 4.78 is 6.02. The van der Waals surface area contributed by atoms with Gasteiger partial charge in [-0.15, -0.1) is 0 Å². The van der Waals surface area contributed by atoms with Crippen molar-refractivity contribution in [3.8, 4) is 17.7 Å². The summed E-state index contributed by atoms with van der Waals surface area (Å²) in [5.74, 6) is -0.265. The van der Waals surface area contributed by atoms with Gasteiger partial charge in [-0.3, -0.25) is 9.59 Å². The molecule has 1 saturated heterocycles. The number of hydrogen-bond donors (Lipinski definition) is 3. The average Bonchev–Trinajstić information content (AvgIpc) is 2.86. The monoisotopic (exact) mass is 485 g/mol. The predicted molar refractivity (Wildman–Crippen MR) is 135 cm³/mol. The molecule has 0 spiro atoms. The number of nitrogens with two attached hydrogens (primary N) is 2. The summed E-state index contributed by atoms with van der Waals surface area (Å²) in [5.41, 5.74) is 14.4. The summed E-state index contributed by atoms with van der Waals surface area (Å²) in [5, 5.41) is 12.5. The Kier molecular flexibility index (Phi) is 7.01. The first kappa shape index (κ1) is 24.5. The highest BCUT2D eigenvalue weighted by Gasteiger charge is 2.22. The number of anilines is 2. The lowest BCUT2D eigenvalue weighted by atomic mass is 10.0. The number of benzene rings is 2. The lowest BCUT2D eigenvalue weighted by Gasteiger charge is -2.34. The molecule has 10 nitrogen and oxygen atoms in total. The Morgan fingerprint density at radius 2 is 1.81 bits per heavy atom. The van der Waals surface area contributed by atoms with Crippen LogP contribution in [-0.2, 0) is 0 Å². The average molecular weight is 486 g/mol. The Balaban J connectivity index is 1.48. The molecule has 1 aromatic heterocycles. The molecule has 3 aromatic rings. The van der Waals surface area contributed by atoms with Crippen molar-refractivity contribution in [2.45, 2.75) is 32.7 Å². The van der Waals surface area contributed by atoms with E-state index in [1.807, 2.05) is 26.0 Å². The third kappa shape index (κ3) is 5.36. The Bertz CT molecular complexity index is 1330. The molecule has 10 heteroatoms. The fourth-order valence-corrected chi connectivity index (χ4v) is 4.28. The Morgan fingerprint density at radius 3 is 2.42 bits per heavy atom. The number of amides is 2. The molecule has 0 atom stereocenters. The van der Waals surface area contributed by atoms with Gasteiger partial charge in [0.25, 0.3) is 5.91 Å². The van der Waals surface area contributed by atoms with E-state index in [1.54, 1.807) is 24.3 Å². The van der Waals surface area contributed by atoms with Crippen LogP contribution in [0, 0.1) is 25.2 Å². The van der Waals surface area contributed by atoms with E-state index in [1.165, 1.54) is 6.20 Å². The predicted octanol–water partition coefficient (Wildman–Crippen LogP) is 3.04. The van der Waals surface area contributed by atoms with E-state index in [2.05, 4.69) is 26.3 Å². The van der Waals surface area contributed by atoms with Crippen LogP contribution in [0.15, 0.2) is 42.6 Å². The number of carbonyl (C=O) groups excluding carboxylic acids is 2. The first-order valence-electron chi connectivity index (χ1n) is 11.5. The van der Waals surface area contributed by atoms with E-state index < -0.39 is 11.8 Å². The van der Waals surface area contributed by atoms with Gasteiger partial charge in [0.15, 0.2) is 0 Å². The van der Waals surface area contributed by atoms with E-state index in [4.69, 9.17) is 16.2 Å². The van der Waals surface area contributed by atoms with Gasteiger partial charge in [0.2, 0.25) is 17.7 Å². The number of rotatable bonds is 7. The zero-order chi connectivity index (χ0) is 25.8. The number of hydrogen-bond acceptors (Lipinski definition) is 8. The molecule has 0 radical (unpaired) electrons. The number of piperidine rings is 1. The maximum Gasteiger partial charge on any atom is 0.255 e. The highest BCUT2D eigenvalue weighted by atomic mass is 16.5. The van der Waals surface area contributed by atoms with Crippen molar-refractivity contribution in [3.63, 3.8) is 0 Å². The van der Waals surface area contributed by atoms with E-state index in [0.29, 0.717) is 22.8 Å². The van der Waals surface area contributed by atoms with Crippen LogP contribution in [0.25, 0.3) is 0 Å². The van der Waals surface area contributed by atoms with Crippen molar-refractivity contribution in [1.82, 2.24) is 9.97 Å². The Morgan fingerprint density at radius 1 is 1.11 bits per heavy atom. The molecular formula is C26H27N7O3. The number of nitrogens with one attached hydrogen (secondary N) is 1. The van der Waals surface area contributed by atoms with Crippen LogP contribution in [0.3, 0.4) is 0 Å². The maximum atomic E-state index is 12.0.